The van der Waals surface area contributed by atoms with Crippen LogP contribution in [0.15, 0.2) is 24.3 Å². The molecule has 0 aliphatic carbocycles. The van der Waals surface area contributed by atoms with Gasteiger partial charge in [-0.1, -0.05) is 24.4 Å². The largest absolute Gasteiger partial charge is 0.492 e. The number of hydrogen-bond donors (Lipinski definition) is 0. The summed E-state index contributed by atoms with van der Waals surface area (Å²) < 4.78 is 5.79. The number of amides is 1. The molecule has 27 heavy (non-hydrogen) atoms. The molecule has 0 aromatic heterocycles. The summed E-state index contributed by atoms with van der Waals surface area (Å²) in [5.74, 6) is 1.17. The van der Waals surface area contributed by atoms with Crippen molar-refractivity contribution in [3.8, 4) is 5.75 Å². The van der Waals surface area contributed by atoms with Gasteiger partial charge in [-0.05, 0) is 44.0 Å². The Labute approximate surface area is 168 Å². The molecule has 0 bridgehead atoms. The Hall–Kier alpha value is -1.30. The molecule has 150 valence electrons. The number of benzene rings is 1. The van der Waals surface area contributed by atoms with E-state index in [1.165, 1.54) is 12.8 Å². The topological polar surface area (TPSA) is 36.0 Å². The van der Waals surface area contributed by atoms with E-state index in [4.69, 9.17) is 16.3 Å². The number of ether oxygens (including phenoxy) is 1. The molecule has 2 aliphatic heterocycles. The van der Waals surface area contributed by atoms with Crippen LogP contribution in [-0.2, 0) is 4.79 Å². The highest BCUT2D eigenvalue weighted by atomic mass is 35.5. The number of piperazine rings is 1. The monoisotopic (exact) mass is 393 g/mol. The van der Waals surface area contributed by atoms with E-state index < -0.39 is 0 Å². The number of carbonyl (C=O) groups excluding carboxylic acids is 1. The van der Waals surface area contributed by atoms with Crippen LogP contribution in [0.3, 0.4) is 0 Å². The van der Waals surface area contributed by atoms with Crippen molar-refractivity contribution in [3.63, 3.8) is 0 Å². The minimum absolute atomic E-state index is 0.00410. The molecule has 2 saturated heterocycles. The van der Waals surface area contributed by atoms with Crippen LogP contribution < -0.4 is 4.74 Å². The lowest BCUT2D eigenvalue weighted by Crippen LogP contribution is -2.55. The molecule has 1 atom stereocenters. The van der Waals surface area contributed by atoms with Gasteiger partial charge in [0, 0.05) is 50.8 Å². The van der Waals surface area contributed by atoms with Crippen molar-refractivity contribution < 1.29 is 9.53 Å². The number of nitrogens with zero attached hydrogens (tertiary/aromatic N) is 3. The maximum atomic E-state index is 12.8. The lowest BCUT2D eigenvalue weighted by Gasteiger charge is -2.38. The minimum atomic E-state index is -0.00410. The van der Waals surface area contributed by atoms with Crippen molar-refractivity contribution in [2.24, 2.45) is 0 Å². The van der Waals surface area contributed by atoms with Gasteiger partial charge in [0.25, 0.3) is 0 Å². The fraction of sp³-hybridized carbons (Fsp3) is 0.667. The molecule has 1 unspecified atom stereocenters. The zero-order valence-corrected chi connectivity index (χ0v) is 17.2. The molecule has 2 heterocycles. The highest BCUT2D eigenvalue weighted by Crippen LogP contribution is 2.16. The SMILES string of the molecule is CC(C(=O)N1CCCCCC1)N1CCN(CCOc2ccc(Cl)cc2)CC1. The van der Waals surface area contributed by atoms with E-state index in [2.05, 4.69) is 21.6 Å². The number of rotatable bonds is 6. The lowest BCUT2D eigenvalue weighted by atomic mass is 10.2. The van der Waals surface area contributed by atoms with Crippen LogP contribution in [0.4, 0.5) is 0 Å². The van der Waals surface area contributed by atoms with Gasteiger partial charge in [0.05, 0.1) is 6.04 Å². The molecule has 2 aliphatic rings. The van der Waals surface area contributed by atoms with Gasteiger partial charge in [0.1, 0.15) is 12.4 Å². The molecular formula is C21H32ClN3O2. The van der Waals surface area contributed by atoms with Crippen LogP contribution in [0, 0.1) is 0 Å². The fourth-order valence-corrected chi connectivity index (χ4v) is 4.04. The Bertz CT molecular complexity index is 580. The zero-order valence-electron chi connectivity index (χ0n) is 16.4. The maximum absolute atomic E-state index is 12.8. The summed E-state index contributed by atoms with van der Waals surface area (Å²) in [5.41, 5.74) is 0. The minimum Gasteiger partial charge on any atom is -0.492 e. The number of hydrogen-bond acceptors (Lipinski definition) is 4. The number of likely N-dealkylation sites (tertiary alicyclic amines) is 1. The van der Waals surface area contributed by atoms with Crippen LogP contribution >= 0.6 is 11.6 Å². The summed E-state index contributed by atoms with van der Waals surface area (Å²) in [6.45, 7) is 9.39. The van der Waals surface area contributed by atoms with Crippen LogP contribution in [0.5, 0.6) is 5.75 Å². The summed E-state index contributed by atoms with van der Waals surface area (Å²) in [4.78, 5) is 19.7. The van der Waals surface area contributed by atoms with Crippen molar-refractivity contribution in [1.29, 1.82) is 0 Å². The van der Waals surface area contributed by atoms with Crippen LogP contribution in [0.25, 0.3) is 0 Å². The molecule has 0 spiro atoms. The van der Waals surface area contributed by atoms with E-state index in [1.54, 1.807) is 0 Å². The van der Waals surface area contributed by atoms with Gasteiger partial charge in [0.15, 0.2) is 0 Å². The van der Waals surface area contributed by atoms with Gasteiger partial charge in [0.2, 0.25) is 5.91 Å². The third-order valence-corrected chi connectivity index (χ3v) is 5.97. The molecule has 6 heteroatoms. The highest BCUT2D eigenvalue weighted by molar-refractivity contribution is 6.30. The molecule has 1 aromatic carbocycles. The van der Waals surface area contributed by atoms with E-state index in [9.17, 15) is 4.79 Å². The molecule has 3 rings (SSSR count). The Balaban J connectivity index is 1.37. The predicted octanol–water partition coefficient (Wildman–Crippen LogP) is 3.13. The molecule has 0 N–H and O–H groups in total. The highest BCUT2D eigenvalue weighted by Gasteiger charge is 2.28. The molecule has 1 aromatic rings. The van der Waals surface area contributed by atoms with Gasteiger partial charge >= 0.3 is 0 Å². The smallest absolute Gasteiger partial charge is 0.239 e. The van der Waals surface area contributed by atoms with Crippen molar-refractivity contribution in [2.75, 3.05) is 52.4 Å². The first-order valence-corrected chi connectivity index (χ1v) is 10.6. The Kier molecular flexibility index (Phi) is 7.80. The first kappa shape index (κ1) is 20.4. The van der Waals surface area contributed by atoms with Crippen LogP contribution in [0.2, 0.25) is 5.02 Å². The molecule has 5 nitrogen and oxygen atoms in total. The Morgan fingerprint density at radius 1 is 1.00 bits per heavy atom. The van der Waals surface area contributed by atoms with Gasteiger partial charge in [-0.15, -0.1) is 0 Å². The fourth-order valence-electron chi connectivity index (χ4n) is 3.91. The summed E-state index contributed by atoms with van der Waals surface area (Å²) in [6, 6.07) is 7.49. The first-order valence-electron chi connectivity index (χ1n) is 10.3. The standard InChI is InChI=1S/C21H32ClN3O2/c1-18(21(26)25-10-4-2-3-5-11-25)24-14-12-23(13-15-24)16-17-27-20-8-6-19(22)7-9-20/h6-9,18H,2-5,10-17H2,1H3. The summed E-state index contributed by atoms with van der Waals surface area (Å²) in [5, 5.41) is 0.724. The van der Waals surface area contributed by atoms with Crippen LogP contribution in [-0.4, -0.2) is 79.1 Å². The molecular weight excluding hydrogens is 362 g/mol. The quantitative estimate of drug-likeness (QED) is 0.744. The number of halogens is 1. The van der Waals surface area contributed by atoms with Crippen molar-refractivity contribution in [2.45, 2.75) is 38.6 Å². The Morgan fingerprint density at radius 3 is 2.26 bits per heavy atom. The average molecular weight is 394 g/mol. The summed E-state index contributed by atoms with van der Waals surface area (Å²) in [6.07, 6.45) is 4.82. The van der Waals surface area contributed by atoms with Gasteiger partial charge in [-0.25, -0.2) is 0 Å². The van der Waals surface area contributed by atoms with Crippen molar-refractivity contribution in [3.05, 3.63) is 29.3 Å². The molecule has 1 amide bonds. The first-order chi connectivity index (χ1) is 13.1. The van der Waals surface area contributed by atoms with E-state index in [0.29, 0.717) is 12.5 Å². The third-order valence-electron chi connectivity index (χ3n) is 5.72. The second kappa shape index (κ2) is 10.3. The molecule has 0 radical (unpaired) electrons. The molecule has 2 fully saturated rings. The average Bonchev–Trinajstić information content (AvgIpc) is 2.98. The van der Waals surface area contributed by atoms with Gasteiger partial charge < -0.3 is 9.64 Å². The van der Waals surface area contributed by atoms with E-state index in [0.717, 1.165) is 69.4 Å². The predicted molar refractivity (Wildman–Crippen MR) is 109 cm³/mol. The van der Waals surface area contributed by atoms with Gasteiger partial charge in [-0.3, -0.25) is 14.6 Å². The normalized spacial score (nSPS) is 20.9. The molecule has 0 saturated carbocycles. The van der Waals surface area contributed by atoms with E-state index in [1.807, 2.05) is 24.3 Å². The van der Waals surface area contributed by atoms with Gasteiger partial charge in [-0.2, -0.15) is 0 Å². The number of carbonyl (C=O) groups is 1. The third kappa shape index (κ3) is 6.09. The zero-order chi connectivity index (χ0) is 19.1. The summed E-state index contributed by atoms with van der Waals surface area (Å²) >= 11 is 5.89. The van der Waals surface area contributed by atoms with Crippen molar-refractivity contribution in [1.82, 2.24) is 14.7 Å². The maximum Gasteiger partial charge on any atom is 0.239 e. The Morgan fingerprint density at radius 2 is 1.63 bits per heavy atom. The van der Waals surface area contributed by atoms with Crippen LogP contribution in [0.1, 0.15) is 32.6 Å². The second-order valence-corrected chi connectivity index (χ2v) is 8.03. The van der Waals surface area contributed by atoms with E-state index in [-0.39, 0.29) is 6.04 Å². The van der Waals surface area contributed by atoms with Crippen molar-refractivity contribution >= 4 is 17.5 Å². The summed E-state index contributed by atoms with van der Waals surface area (Å²) in [7, 11) is 0. The van der Waals surface area contributed by atoms with E-state index >= 15 is 0 Å². The lowest BCUT2D eigenvalue weighted by molar-refractivity contribution is -0.137. The second-order valence-electron chi connectivity index (χ2n) is 7.60.